The smallest absolute Gasteiger partial charge is 0.190 e. The number of nitriles is 1. The van der Waals surface area contributed by atoms with Crippen molar-refractivity contribution in [2.24, 2.45) is 26.2 Å². The van der Waals surface area contributed by atoms with E-state index in [4.69, 9.17) is 11.5 Å². The predicted molar refractivity (Wildman–Crippen MR) is 171 cm³/mol. The number of nitrogen functional groups attached to an aromatic ring is 1. The molecule has 5 N–H and O–H groups in total. The van der Waals surface area contributed by atoms with Crippen molar-refractivity contribution in [2.75, 3.05) is 11.1 Å². The molecule has 0 bridgehead atoms. The molecule has 0 aliphatic carbocycles. The zero-order chi connectivity index (χ0) is 32.8. The summed E-state index contributed by atoms with van der Waals surface area (Å²) in [6, 6.07) is 26.0. The molecule has 47 heavy (non-hydrogen) atoms. The molecule has 3 aromatic carbocycles. The van der Waals surface area contributed by atoms with Crippen LogP contribution in [0.25, 0.3) is 22.6 Å². The number of hydrogen-bond donors (Lipinski definition) is 3. The fraction of sp³-hybridized carbons (Fsp3) is 0.0938. The van der Waals surface area contributed by atoms with E-state index in [9.17, 15) is 14.0 Å². The van der Waals surface area contributed by atoms with Crippen molar-refractivity contribution in [3.05, 3.63) is 114 Å². The van der Waals surface area contributed by atoms with Crippen LogP contribution in [0.5, 0.6) is 0 Å². The molecule has 15 heteroatoms. The van der Waals surface area contributed by atoms with Crippen LogP contribution in [0.2, 0.25) is 0 Å². The van der Waals surface area contributed by atoms with Gasteiger partial charge < -0.3 is 16.8 Å². The van der Waals surface area contributed by atoms with Gasteiger partial charge in [-0.2, -0.15) is 25.7 Å². The fourth-order valence-corrected chi connectivity index (χ4v) is 4.52. The molecule has 3 heterocycles. The van der Waals surface area contributed by atoms with Gasteiger partial charge in [0, 0.05) is 5.56 Å². The maximum absolute atomic E-state index is 14.5. The summed E-state index contributed by atoms with van der Waals surface area (Å²) < 4.78 is 30.4. The van der Waals surface area contributed by atoms with Crippen molar-refractivity contribution >= 4 is 39.7 Å². The minimum atomic E-state index is -1.16. The average Bonchev–Trinajstić information content (AvgIpc) is 3.43. The van der Waals surface area contributed by atoms with E-state index in [1.54, 1.807) is 66.7 Å². The van der Waals surface area contributed by atoms with E-state index in [1.165, 1.54) is 16.8 Å². The number of nitrogens with two attached hydrogens (primary N) is 2. The highest BCUT2D eigenvalue weighted by atomic mass is 19.1. The third kappa shape index (κ3) is 6.92. The van der Waals surface area contributed by atoms with Crippen molar-refractivity contribution in [2.45, 2.75) is 18.8 Å². The molecule has 6 aromatic rings. The second-order valence-electron chi connectivity index (χ2n) is 10.1. The molecule has 3 aromatic heterocycles. The van der Waals surface area contributed by atoms with E-state index < -0.39 is 23.8 Å². The molecule has 0 aliphatic rings. The Labute approximate surface area is 266 Å². The van der Waals surface area contributed by atoms with E-state index in [1.807, 2.05) is 18.2 Å². The zero-order valence-corrected chi connectivity index (χ0v) is 24.5. The third-order valence-corrected chi connectivity index (χ3v) is 6.81. The predicted octanol–water partition coefficient (Wildman–Crippen LogP) is 6.59. The Bertz CT molecular complexity index is 2130. The first-order chi connectivity index (χ1) is 22.9. The molecule has 13 nitrogen and oxygen atoms in total. The van der Waals surface area contributed by atoms with Gasteiger partial charge in [0.15, 0.2) is 34.8 Å². The van der Waals surface area contributed by atoms with Gasteiger partial charge in [0.1, 0.15) is 23.5 Å². The lowest BCUT2D eigenvalue weighted by Gasteiger charge is -2.18. The van der Waals surface area contributed by atoms with Crippen molar-refractivity contribution < 1.29 is 8.78 Å². The number of halogens is 2. The lowest BCUT2D eigenvalue weighted by Crippen LogP contribution is -2.40. The number of fused-ring (bicyclic) bond motifs is 1. The lowest BCUT2D eigenvalue weighted by atomic mass is 10.2. The first-order valence-electron chi connectivity index (χ1n) is 14.2. The van der Waals surface area contributed by atoms with Crippen molar-refractivity contribution in [3.8, 4) is 17.6 Å². The van der Waals surface area contributed by atoms with Crippen LogP contribution in [0.4, 0.5) is 37.5 Å². The summed E-state index contributed by atoms with van der Waals surface area (Å²) in [4.78, 5) is 13.2. The number of azo groups is 2. The fourth-order valence-electron chi connectivity index (χ4n) is 4.52. The highest BCUT2D eigenvalue weighted by Gasteiger charge is 2.24. The normalized spacial score (nSPS) is 12.8. The second-order valence-corrected chi connectivity index (χ2v) is 10.1. The Morgan fingerprint density at radius 3 is 2.28 bits per heavy atom. The van der Waals surface area contributed by atoms with Crippen LogP contribution >= 0.6 is 0 Å². The van der Waals surface area contributed by atoms with Gasteiger partial charge in [0.25, 0.3) is 0 Å². The van der Waals surface area contributed by atoms with Crippen LogP contribution in [0.3, 0.4) is 0 Å². The monoisotopic (exact) mass is 629 g/mol. The number of pyridine rings is 1. The van der Waals surface area contributed by atoms with Gasteiger partial charge in [-0.3, -0.25) is 0 Å². The highest BCUT2D eigenvalue weighted by Crippen LogP contribution is 2.35. The Balaban J connectivity index is 1.43. The molecular weight excluding hydrogens is 604 g/mol. The summed E-state index contributed by atoms with van der Waals surface area (Å²) in [7, 11) is 0. The summed E-state index contributed by atoms with van der Waals surface area (Å²) in [5.74, 6) is -1.24. The number of hydrogen-bond acceptors (Lipinski definition) is 12. The van der Waals surface area contributed by atoms with E-state index in [-0.39, 0.29) is 46.4 Å². The van der Waals surface area contributed by atoms with Gasteiger partial charge in [-0.05, 0) is 36.4 Å². The Morgan fingerprint density at radius 2 is 1.57 bits per heavy atom. The molecule has 0 fully saturated rings. The summed E-state index contributed by atoms with van der Waals surface area (Å²) >= 11 is 0. The van der Waals surface area contributed by atoms with Crippen molar-refractivity contribution in [3.63, 3.8) is 0 Å². The van der Waals surface area contributed by atoms with E-state index in [0.717, 1.165) is 6.20 Å². The SMILES string of the molecule is N#CC(/N=N/c1ccccc1)C(N)Nc1nc(-c2nn(Cc3ccccc3F)c3ncc(F)cc23)nc(N)c1/N=N/c1ccccc1. The summed E-state index contributed by atoms with van der Waals surface area (Å²) in [6.45, 7) is -0.00703. The van der Waals surface area contributed by atoms with Crippen LogP contribution in [-0.2, 0) is 6.54 Å². The van der Waals surface area contributed by atoms with Crippen LogP contribution < -0.4 is 16.8 Å². The number of anilines is 2. The van der Waals surface area contributed by atoms with Gasteiger partial charge in [-0.25, -0.2) is 28.4 Å². The standard InChI is InChI=1S/C32H25F2N13/c33-20-15-23-26(46-47(32(23)38-17-20)18-19-9-7-8-14-24(19)34)30-40-29(37)27(45-43-22-12-5-2-6-13-22)31(41-30)39-28(36)25(16-35)44-42-21-10-3-1-4-11-21/h1-15,17,25,28H,18,36H2,(H3,37,39,40,41)/b44-42+,45-43+. The molecule has 6 rings (SSSR count). The van der Waals surface area contributed by atoms with Crippen LogP contribution in [-0.4, -0.2) is 36.9 Å². The molecule has 0 saturated heterocycles. The maximum atomic E-state index is 14.5. The van der Waals surface area contributed by atoms with Gasteiger partial charge in [0.05, 0.1) is 35.6 Å². The van der Waals surface area contributed by atoms with Crippen molar-refractivity contribution in [1.82, 2.24) is 24.7 Å². The molecular formula is C32H25F2N13. The van der Waals surface area contributed by atoms with Gasteiger partial charge in [0.2, 0.25) is 0 Å². The molecule has 0 aliphatic heterocycles. The van der Waals surface area contributed by atoms with Crippen LogP contribution in [0.1, 0.15) is 5.56 Å². The van der Waals surface area contributed by atoms with Crippen LogP contribution in [0, 0.1) is 23.0 Å². The minimum Gasteiger partial charge on any atom is -0.382 e. The largest absolute Gasteiger partial charge is 0.382 e. The summed E-state index contributed by atoms with van der Waals surface area (Å²) in [5, 5.41) is 34.3. The number of nitrogens with one attached hydrogen (secondary N) is 1. The first-order valence-corrected chi connectivity index (χ1v) is 14.2. The summed E-state index contributed by atoms with van der Waals surface area (Å²) in [5.41, 5.74) is 14.6. The Morgan fingerprint density at radius 1 is 0.894 bits per heavy atom. The number of nitrogens with zero attached hydrogens (tertiary/aromatic N) is 10. The Kier molecular flexibility index (Phi) is 8.84. The quantitative estimate of drug-likeness (QED) is 0.112. The minimum absolute atomic E-state index is 0.00370. The maximum Gasteiger partial charge on any atom is 0.190 e. The molecule has 2 atom stereocenters. The number of rotatable bonds is 10. The Hall–Kier alpha value is -6.53. The zero-order valence-electron chi connectivity index (χ0n) is 24.5. The second kappa shape index (κ2) is 13.6. The van der Waals surface area contributed by atoms with Crippen molar-refractivity contribution in [1.29, 1.82) is 5.26 Å². The summed E-state index contributed by atoms with van der Waals surface area (Å²) in [6.07, 6.45) is -0.110. The van der Waals surface area contributed by atoms with Crippen LogP contribution in [0.15, 0.2) is 118 Å². The van der Waals surface area contributed by atoms with Gasteiger partial charge in [-0.1, -0.05) is 54.6 Å². The molecule has 0 radical (unpaired) electrons. The molecule has 0 saturated carbocycles. The topological polar surface area (TPSA) is 194 Å². The molecule has 0 spiro atoms. The van der Waals surface area contributed by atoms with E-state index in [0.29, 0.717) is 16.9 Å². The molecule has 232 valence electrons. The number of aromatic nitrogens is 5. The first kappa shape index (κ1) is 30.5. The lowest BCUT2D eigenvalue weighted by molar-refractivity contribution is 0.588. The highest BCUT2D eigenvalue weighted by molar-refractivity contribution is 5.90. The van der Waals surface area contributed by atoms with E-state index in [2.05, 4.69) is 45.8 Å². The molecule has 2 unspecified atom stereocenters. The number of benzene rings is 3. The average molecular weight is 630 g/mol. The third-order valence-electron chi connectivity index (χ3n) is 6.81. The molecule has 0 amide bonds. The van der Waals surface area contributed by atoms with E-state index >= 15 is 0 Å². The van der Waals surface area contributed by atoms with Gasteiger partial charge in [-0.15, -0.1) is 5.11 Å². The van der Waals surface area contributed by atoms with Gasteiger partial charge >= 0.3 is 0 Å².